The smallest absolute Gasteiger partial charge is 0.387 e. The van der Waals surface area contributed by atoms with Gasteiger partial charge in [-0.25, -0.2) is 4.57 Å². The molecule has 0 spiro atoms. The lowest BCUT2D eigenvalue weighted by Gasteiger charge is -2.25. The van der Waals surface area contributed by atoms with E-state index in [1.165, 1.54) is 263 Å². The molecular weight excluding hydrogens is 1070 g/mol. The van der Waals surface area contributed by atoms with Crippen molar-refractivity contribution in [3.8, 4) is 0 Å². The van der Waals surface area contributed by atoms with Gasteiger partial charge in [0.2, 0.25) is 5.91 Å². The Balaban J connectivity index is 3.97. The van der Waals surface area contributed by atoms with Crippen molar-refractivity contribution in [1.82, 2.24) is 5.32 Å². The summed E-state index contributed by atoms with van der Waals surface area (Å²) in [4.78, 5) is 23.4. The van der Waals surface area contributed by atoms with Gasteiger partial charge < -0.3 is 19.8 Å². The Morgan fingerprint density at radius 1 is 0.412 bits per heavy atom. The van der Waals surface area contributed by atoms with Crippen LogP contribution in [0.1, 0.15) is 354 Å². The highest BCUT2D eigenvalue weighted by Gasteiger charge is 2.28. The maximum atomic E-state index is 13.1. The van der Waals surface area contributed by atoms with Gasteiger partial charge in [-0.3, -0.25) is 13.8 Å². The minimum absolute atomic E-state index is 0.0624. The molecule has 0 rings (SSSR count). The summed E-state index contributed by atoms with van der Waals surface area (Å²) in [6.07, 6.45) is 93.5. The fourth-order valence-electron chi connectivity index (χ4n) is 11.0. The first-order valence-corrected chi connectivity index (χ1v) is 38.3. The van der Waals surface area contributed by atoms with Crippen LogP contribution >= 0.6 is 7.82 Å². The van der Waals surface area contributed by atoms with Crippen LogP contribution in [-0.2, 0) is 18.4 Å². The maximum Gasteiger partial charge on any atom is 0.472 e. The summed E-state index contributed by atoms with van der Waals surface area (Å²) >= 11 is 0. The first-order valence-electron chi connectivity index (χ1n) is 36.8. The van der Waals surface area contributed by atoms with Crippen LogP contribution in [-0.4, -0.2) is 73.4 Å². The van der Waals surface area contributed by atoms with Gasteiger partial charge in [0.25, 0.3) is 0 Å². The number of nitrogens with zero attached hydrogens (tertiary/aromatic N) is 1. The molecule has 0 radical (unpaired) electrons. The molecule has 9 heteroatoms. The number of allylic oxidation sites excluding steroid dienone is 11. The molecule has 8 nitrogen and oxygen atoms in total. The molecule has 0 bridgehead atoms. The number of phosphoric acid groups is 1. The number of unbranched alkanes of at least 4 members (excludes halogenated alkanes) is 45. The van der Waals surface area contributed by atoms with Gasteiger partial charge in [-0.1, -0.05) is 356 Å². The fraction of sp³-hybridized carbons (Fsp3) is 0.829. The predicted molar refractivity (Wildman–Crippen MR) is 373 cm³/mol. The zero-order valence-electron chi connectivity index (χ0n) is 57.1. The summed E-state index contributed by atoms with van der Waals surface area (Å²) < 4.78 is 23.8. The van der Waals surface area contributed by atoms with Crippen LogP contribution in [0, 0.1) is 0 Å². The Morgan fingerprint density at radius 3 is 1.04 bits per heavy atom. The quantitative estimate of drug-likeness (QED) is 0.0243. The van der Waals surface area contributed by atoms with E-state index >= 15 is 0 Å². The lowest BCUT2D eigenvalue weighted by atomic mass is 10.0. The number of amides is 1. The Bertz CT molecular complexity index is 1620. The number of aliphatic hydroxyl groups is 1. The molecule has 0 fully saturated rings. The van der Waals surface area contributed by atoms with E-state index in [0.29, 0.717) is 17.4 Å². The van der Waals surface area contributed by atoms with Crippen LogP contribution < -0.4 is 5.32 Å². The van der Waals surface area contributed by atoms with Crippen LogP contribution in [0.3, 0.4) is 0 Å². The van der Waals surface area contributed by atoms with Gasteiger partial charge in [-0.2, -0.15) is 0 Å². The molecule has 0 saturated carbocycles. The lowest BCUT2D eigenvalue weighted by molar-refractivity contribution is -0.870. The molecule has 0 aromatic carbocycles. The van der Waals surface area contributed by atoms with Crippen molar-refractivity contribution in [1.29, 1.82) is 0 Å². The van der Waals surface area contributed by atoms with Crippen LogP contribution in [0.25, 0.3) is 0 Å². The van der Waals surface area contributed by atoms with Crippen molar-refractivity contribution < 1.29 is 32.9 Å². The minimum Gasteiger partial charge on any atom is -0.387 e. The summed E-state index contributed by atoms with van der Waals surface area (Å²) in [5.41, 5.74) is 0. The lowest BCUT2D eigenvalue weighted by Crippen LogP contribution is -2.45. The van der Waals surface area contributed by atoms with Gasteiger partial charge in [0.1, 0.15) is 13.2 Å². The highest BCUT2D eigenvalue weighted by atomic mass is 31.2. The molecule has 0 aromatic heterocycles. The van der Waals surface area contributed by atoms with Crippen molar-refractivity contribution in [2.45, 2.75) is 366 Å². The number of phosphoric ester groups is 1. The molecule has 0 aromatic rings. The molecule has 498 valence electrons. The molecule has 0 heterocycles. The highest BCUT2D eigenvalue weighted by Crippen LogP contribution is 2.43. The molecule has 0 aliphatic rings. The number of aliphatic hydroxyl groups excluding tert-OH is 1. The zero-order valence-corrected chi connectivity index (χ0v) is 58.0. The van der Waals surface area contributed by atoms with Gasteiger partial charge in [0.15, 0.2) is 0 Å². The van der Waals surface area contributed by atoms with E-state index in [1.807, 2.05) is 27.2 Å². The Labute approximate surface area is 529 Å². The van der Waals surface area contributed by atoms with E-state index in [9.17, 15) is 19.4 Å². The van der Waals surface area contributed by atoms with Gasteiger partial charge in [-0.05, 0) is 64.2 Å². The monoisotopic (exact) mass is 1210 g/mol. The standard InChI is InChI=1S/C76H143N2O6P/c1-6-8-10-12-14-16-18-20-22-24-26-28-30-32-33-34-35-36-37-38-39-40-41-42-43-44-45-46-48-50-52-54-56-58-60-62-64-66-68-70-76(80)77-74(73-84-85(81,82)83-72-71-78(3,4)5)75(79)69-67-65-63-61-59-57-55-53-51-49-47-31-29-27-25-23-21-19-17-15-13-11-9-7-2/h8,10,14,16,20,22,26,28,32-33,67,69,74-75,79H,6-7,9,11-13,15,17-19,21,23-25,27,29-31,34-66,68,70-73H2,1-5H3,(H-,77,80,81,82)/p+1/b10-8-,16-14-,22-20-,28-26-,33-32-,69-67+. The largest absolute Gasteiger partial charge is 0.472 e. The molecule has 0 aliphatic carbocycles. The second-order valence-corrected chi connectivity index (χ2v) is 27.7. The van der Waals surface area contributed by atoms with Gasteiger partial charge in [-0.15, -0.1) is 0 Å². The second-order valence-electron chi connectivity index (χ2n) is 26.3. The maximum absolute atomic E-state index is 13.1. The first kappa shape index (κ1) is 82.9. The number of carbonyl (C=O) groups is 1. The van der Waals surface area contributed by atoms with Gasteiger partial charge in [0.05, 0.1) is 39.9 Å². The molecule has 3 unspecified atom stereocenters. The van der Waals surface area contributed by atoms with E-state index in [0.717, 1.165) is 70.6 Å². The molecule has 3 N–H and O–H groups in total. The number of quaternary nitrogens is 1. The van der Waals surface area contributed by atoms with E-state index < -0.39 is 20.0 Å². The summed E-state index contributed by atoms with van der Waals surface area (Å²) in [5.74, 6) is -0.171. The topological polar surface area (TPSA) is 105 Å². The number of rotatable bonds is 68. The molecule has 0 saturated heterocycles. The summed E-state index contributed by atoms with van der Waals surface area (Å²) in [6, 6.07) is -0.848. The van der Waals surface area contributed by atoms with E-state index in [4.69, 9.17) is 9.05 Å². The van der Waals surface area contributed by atoms with Gasteiger partial charge >= 0.3 is 7.82 Å². The van der Waals surface area contributed by atoms with Crippen LogP contribution in [0.2, 0.25) is 0 Å². The molecular formula is C76H144N2O6P+. The van der Waals surface area contributed by atoms with E-state index in [2.05, 4.69) is 79.9 Å². The predicted octanol–water partition coefficient (Wildman–Crippen LogP) is 23.7. The van der Waals surface area contributed by atoms with Crippen molar-refractivity contribution >= 4 is 13.7 Å². The van der Waals surface area contributed by atoms with Crippen molar-refractivity contribution in [3.05, 3.63) is 72.9 Å². The third-order valence-electron chi connectivity index (χ3n) is 16.7. The van der Waals surface area contributed by atoms with Crippen molar-refractivity contribution in [3.63, 3.8) is 0 Å². The summed E-state index contributed by atoms with van der Waals surface area (Å²) in [5, 5.41) is 14.0. The summed E-state index contributed by atoms with van der Waals surface area (Å²) in [6.45, 7) is 4.75. The Kier molecular flexibility index (Phi) is 64.8. The minimum atomic E-state index is -4.35. The van der Waals surface area contributed by atoms with E-state index in [1.54, 1.807) is 6.08 Å². The SMILES string of the molecule is CC/C=C\C/C=C\C/C=C\C/C=C\C/C=C\CCCCCCCCCCCCCCCCCCCCCCCCCC(=O)NC(COP(=O)(O)OCC[N+](C)(C)C)C(O)/C=C/CCCCCCCCCCCCCCCCCCCCCCCC. The van der Waals surface area contributed by atoms with Crippen LogP contribution in [0.4, 0.5) is 0 Å². The number of nitrogens with one attached hydrogen (secondary N) is 1. The fourth-order valence-corrected chi connectivity index (χ4v) is 11.8. The zero-order chi connectivity index (χ0) is 61.9. The van der Waals surface area contributed by atoms with Crippen LogP contribution in [0.5, 0.6) is 0 Å². The molecule has 85 heavy (non-hydrogen) atoms. The molecule has 1 amide bonds. The summed E-state index contributed by atoms with van der Waals surface area (Å²) in [7, 11) is 1.59. The number of likely N-dealkylation sites (N-methyl/N-ethyl adjacent to an activating group) is 1. The third kappa shape index (κ3) is 69.3. The van der Waals surface area contributed by atoms with Gasteiger partial charge in [0, 0.05) is 6.42 Å². The Hall–Kier alpha value is -2.06. The van der Waals surface area contributed by atoms with Crippen LogP contribution in [0.15, 0.2) is 72.9 Å². The average molecular weight is 1210 g/mol. The average Bonchev–Trinajstić information content (AvgIpc) is 3.49. The molecule has 0 aliphatic heterocycles. The third-order valence-corrected chi connectivity index (χ3v) is 17.7. The Morgan fingerprint density at radius 2 is 0.706 bits per heavy atom. The van der Waals surface area contributed by atoms with Crippen molar-refractivity contribution in [2.24, 2.45) is 0 Å². The van der Waals surface area contributed by atoms with E-state index in [-0.39, 0.29) is 19.1 Å². The highest BCUT2D eigenvalue weighted by molar-refractivity contribution is 7.47. The van der Waals surface area contributed by atoms with Crippen molar-refractivity contribution in [2.75, 3.05) is 40.9 Å². The molecule has 3 atom stereocenters. The number of hydrogen-bond donors (Lipinski definition) is 3. The number of carbonyl (C=O) groups excluding carboxylic acids is 1. The first-order chi connectivity index (χ1) is 41.5. The number of hydrogen-bond acceptors (Lipinski definition) is 5. The second kappa shape index (κ2) is 66.4. The normalized spacial score (nSPS) is 14.0.